The van der Waals surface area contributed by atoms with Crippen LogP contribution in [0.15, 0.2) is 23.2 Å². The first-order valence-electron chi connectivity index (χ1n) is 7.68. The fourth-order valence-electron chi connectivity index (χ4n) is 2.36. The summed E-state index contributed by atoms with van der Waals surface area (Å²) in [5.74, 6) is 1.83. The Bertz CT molecular complexity index is 744. The van der Waals surface area contributed by atoms with E-state index in [0.717, 1.165) is 13.1 Å². The second-order valence-corrected chi connectivity index (χ2v) is 5.41. The van der Waals surface area contributed by atoms with E-state index in [1.807, 2.05) is 6.92 Å². The minimum absolute atomic E-state index is 0.00731. The topological polar surface area (TPSA) is 104 Å². The van der Waals surface area contributed by atoms with E-state index in [0.29, 0.717) is 36.4 Å². The van der Waals surface area contributed by atoms with Gasteiger partial charge in [-0.2, -0.15) is 9.97 Å². The van der Waals surface area contributed by atoms with Crippen LogP contribution in [0.2, 0.25) is 0 Å². The molecule has 24 heavy (non-hydrogen) atoms. The number of morpholine rings is 1. The number of ether oxygens (including phenoxy) is 1. The number of benzene rings is 1. The Morgan fingerprint density at radius 2 is 2.00 bits per heavy atom. The van der Waals surface area contributed by atoms with Crippen molar-refractivity contribution in [3.05, 3.63) is 35.4 Å². The highest BCUT2D eigenvalue weighted by Gasteiger charge is 2.15. The third kappa shape index (κ3) is 3.96. The van der Waals surface area contributed by atoms with Crippen molar-refractivity contribution < 1.29 is 14.9 Å². The van der Waals surface area contributed by atoms with Crippen molar-refractivity contribution in [1.29, 1.82) is 0 Å². The van der Waals surface area contributed by atoms with Crippen LogP contribution in [0.4, 0.5) is 5.95 Å². The van der Waals surface area contributed by atoms with Gasteiger partial charge in [0.1, 0.15) is 17.3 Å². The van der Waals surface area contributed by atoms with Gasteiger partial charge in [0.05, 0.1) is 19.8 Å². The van der Waals surface area contributed by atoms with Crippen molar-refractivity contribution in [3.8, 4) is 11.5 Å². The molecule has 2 aromatic rings. The standard InChI is InChI=1S/C16H19N5O3/c1-11-18-15(20-16(19-11)21-4-6-24-7-5-21)10-17-9-12-2-3-13(22)8-14(12)23/h2-3,8-9,22-23H,4-7,10H2,1H3. The summed E-state index contributed by atoms with van der Waals surface area (Å²) < 4.78 is 5.34. The normalized spacial score (nSPS) is 15.1. The number of rotatable bonds is 4. The molecule has 3 rings (SSSR count). The van der Waals surface area contributed by atoms with Gasteiger partial charge in [-0.15, -0.1) is 0 Å². The van der Waals surface area contributed by atoms with E-state index in [2.05, 4.69) is 24.8 Å². The molecular formula is C16H19N5O3. The van der Waals surface area contributed by atoms with E-state index in [4.69, 9.17) is 4.74 Å². The lowest BCUT2D eigenvalue weighted by molar-refractivity contribution is 0.122. The molecule has 0 atom stereocenters. The molecule has 8 nitrogen and oxygen atoms in total. The van der Waals surface area contributed by atoms with Gasteiger partial charge in [-0.25, -0.2) is 4.98 Å². The van der Waals surface area contributed by atoms with Gasteiger partial charge in [0.25, 0.3) is 0 Å². The van der Waals surface area contributed by atoms with Gasteiger partial charge in [0.2, 0.25) is 5.95 Å². The van der Waals surface area contributed by atoms with Crippen LogP contribution in [0.3, 0.4) is 0 Å². The van der Waals surface area contributed by atoms with Crippen molar-refractivity contribution in [3.63, 3.8) is 0 Å². The first kappa shape index (κ1) is 16.1. The smallest absolute Gasteiger partial charge is 0.229 e. The summed E-state index contributed by atoms with van der Waals surface area (Å²) in [6, 6.07) is 4.35. The third-order valence-electron chi connectivity index (χ3n) is 3.55. The van der Waals surface area contributed by atoms with Crippen LogP contribution in [-0.2, 0) is 11.3 Å². The summed E-state index contributed by atoms with van der Waals surface area (Å²) in [5.41, 5.74) is 0.520. The average molecular weight is 329 g/mol. The summed E-state index contributed by atoms with van der Waals surface area (Å²) in [6.45, 7) is 4.95. The molecule has 0 unspecified atom stereocenters. The molecule has 1 aromatic heterocycles. The molecule has 0 bridgehead atoms. The first-order chi connectivity index (χ1) is 11.6. The predicted octanol–water partition coefficient (Wildman–Crippen LogP) is 1.05. The molecule has 0 radical (unpaired) electrons. The van der Waals surface area contributed by atoms with Crippen molar-refractivity contribution in [2.45, 2.75) is 13.5 Å². The number of aromatic nitrogens is 3. The maximum absolute atomic E-state index is 9.74. The van der Waals surface area contributed by atoms with E-state index in [1.54, 1.807) is 6.07 Å². The Hall–Kier alpha value is -2.74. The SMILES string of the molecule is Cc1nc(CN=Cc2ccc(O)cc2O)nc(N2CCOCC2)n1. The van der Waals surface area contributed by atoms with E-state index >= 15 is 0 Å². The van der Waals surface area contributed by atoms with Crippen LogP contribution in [0.1, 0.15) is 17.2 Å². The van der Waals surface area contributed by atoms with E-state index in [9.17, 15) is 10.2 Å². The molecule has 8 heteroatoms. The predicted molar refractivity (Wildman–Crippen MR) is 88.7 cm³/mol. The molecule has 1 saturated heterocycles. The molecule has 1 aliphatic rings. The largest absolute Gasteiger partial charge is 0.508 e. The zero-order valence-corrected chi connectivity index (χ0v) is 13.4. The summed E-state index contributed by atoms with van der Waals surface area (Å²) in [4.78, 5) is 19.5. The fraction of sp³-hybridized carbons (Fsp3) is 0.375. The van der Waals surface area contributed by atoms with Gasteiger partial charge in [-0.3, -0.25) is 4.99 Å². The van der Waals surface area contributed by atoms with Crippen molar-refractivity contribution >= 4 is 12.2 Å². The van der Waals surface area contributed by atoms with Crippen LogP contribution >= 0.6 is 0 Å². The quantitative estimate of drug-likeness (QED) is 0.808. The second kappa shape index (κ2) is 7.22. The minimum atomic E-state index is -0.0282. The summed E-state index contributed by atoms with van der Waals surface area (Å²) in [6.07, 6.45) is 1.53. The number of hydrogen-bond donors (Lipinski definition) is 2. The van der Waals surface area contributed by atoms with Crippen molar-refractivity contribution in [2.24, 2.45) is 4.99 Å². The molecule has 0 aliphatic carbocycles. The van der Waals surface area contributed by atoms with Gasteiger partial charge in [0.15, 0.2) is 5.82 Å². The van der Waals surface area contributed by atoms with Gasteiger partial charge < -0.3 is 19.8 Å². The number of hydrogen-bond acceptors (Lipinski definition) is 8. The highest BCUT2D eigenvalue weighted by molar-refractivity contribution is 5.83. The Labute approximate surface area is 139 Å². The van der Waals surface area contributed by atoms with E-state index in [-0.39, 0.29) is 18.0 Å². The zero-order chi connectivity index (χ0) is 16.9. The molecule has 1 aliphatic heterocycles. The number of aromatic hydroxyl groups is 2. The molecule has 126 valence electrons. The number of phenolic OH excluding ortho intramolecular Hbond substituents is 2. The fourth-order valence-corrected chi connectivity index (χ4v) is 2.36. The zero-order valence-electron chi connectivity index (χ0n) is 13.4. The van der Waals surface area contributed by atoms with Crippen molar-refractivity contribution in [1.82, 2.24) is 15.0 Å². The Morgan fingerprint density at radius 1 is 1.21 bits per heavy atom. The Kier molecular flexibility index (Phi) is 4.85. The molecule has 1 fully saturated rings. The molecule has 2 heterocycles. The lowest BCUT2D eigenvalue weighted by Crippen LogP contribution is -2.37. The monoisotopic (exact) mass is 329 g/mol. The van der Waals surface area contributed by atoms with E-state index < -0.39 is 0 Å². The number of nitrogens with zero attached hydrogens (tertiary/aromatic N) is 5. The highest BCUT2D eigenvalue weighted by Crippen LogP contribution is 2.21. The lowest BCUT2D eigenvalue weighted by Gasteiger charge is -2.26. The Balaban J connectivity index is 1.72. The molecule has 1 aromatic carbocycles. The van der Waals surface area contributed by atoms with Crippen LogP contribution in [0.25, 0.3) is 0 Å². The average Bonchev–Trinajstić information content (AvgIpc) is 2.57. The maximum atomic E-state index is 9.74. The van der Waals surface area contributed by atoms with Crippen LogP contribution in [-0.4, -0.2) is 57.7 Å². The number of aliphatic imine (C=N–C) groups is 1. The molecule has 0 saturated carbocycles. The number of phenols is 2. The summed E-state index contributed by atoms with van der Waals surface area (Å²) in [7, 11) is 0. The third-order valence-corrected chi connectivity index (χ3v) is 3.55. The van der Waals surface area contributed by atoms with Crippen molar-refractivity contribution in [2.75, 3.05) is 31.2 Å². The van der Waals surface area contributed by atoms with Gasteiger partial charge in [-0.1, -0.05) is 0 Å². The minimum Gasteiger partial charge on any atom is -0.508 e. The molecule has 0 amide bonds. The molecular weight excluding hydrogens is 310 g/mol. The number of anilines is 1. The van der Waals surface area contributed by atoms with Gasteiger partial charge in [0, 0.05) is 30.9 Å². The maximum Gasteiger partial charge on any atom is 0.229 e. The molecule has 0 spiro atoms. The van der Waals surface area contributed by atoms with Crippen LogP contribution < -0.4 is 4.90 Å². The van der Waals surface area contributed by atoms with Crippen LogP contribution in [0, 0.1) is 6.92 Å². The van der Waals surface area contributed by atoms with E-state index in [1.165, 1.54) is 18.3 Å². The van der Waals surface area contributed by atoms with Gasteiger partial charge >= 0.3 is 0 Å². The summed E-state index contributed by atoms with van der Waals surface area (Å²) >= 11 is 0. The molecule has 2 N–H and O–H groups in total. The van der Waals surface area contributed by atoms with Gasteiger partial charge in [-0.05, 0) is 19.1 Å². The summed E-state index contributed by atoms with van der Waals surface area (Å²) in [5, 5.41) is 19.0. The second-order valence-electron chi connectivity index (χ2n) is 5.41. The highest BCUT2D eigenvalue weighted by atomic mass is 16.5. The lowest BCUT2D eigenvalue weighted by atomic mass is 10.2. The number of aryl methyl sites for hydroxylation is 1. The Morgan fingerprint density at radius 3 is 2.75 bits per heavy atom. The van der Waals surface area contributed by atoms with Crippen LogP contribution in [0.5, 0.6) is 11.5 Å². The first-order valence-corrected chi connectivity index (χ1v) is 7.68.